The largest absolute Gasteiger partial charge is 0.224 e. The maximum Gasteiger partial charge on any atom is 0.175 e. The van der Waals surface area contributed by atoms with E-state index in [1.54, 1.807) is 0 Å². The maximum absolute atomic E-state index is 11.2. The van der Waals surface area contributed by atoms with Gasteiger partial charge in [0, 0.05) is 17.0 Å². The van der Waals surface area contributed by atoms with E-state index in [9.17, 15) is 16.8 Å². The third-order valence-corrected chi connectivity index (χ3v) is 4.34. The highest BCUT2D eigenvalue weighted by molar-refractivity contribution is 9.10. The zero-order chi connectivity index (χ0) is 11.9. The van der Waals surface area contributed by atoms with Crippen LogP contribution < -0.4 is 0 Å². The van der Waals surface area contributed by atoms with Crippen molar-refractivity contribution in [2.45, 2.75) is 9.79 Å². The lowest BCUT2D eigenvalue weighted by Crippen LogP contribution is -2.02. The number of halogens is 1. The molecular weight excluding hydrogens is 304 g/mol. The third kappa shape index (κ3) is 3.29. The van der Waals surface area contributed by atoms with Crippen LogP contribution in [0.2, 0.25) is 0 Å². The van der Waals surface area contributed by atoms with E-state index >= 15 is 0 Å². The fourth-order valence-electron chi connectivity index (χ4n) is 0.965. The smallest absolute Gasteiger partial charge is 0.175 e. The Morgan fingerprint density at radius 3 is 1.47 bits per heavy atom. The fourth-order valence-corrected chi connectivity index (χ4v) is 3.20. The molecule has 0 heterocycles. The van der Waals surface area contributed by atoms with Gasteiger partial charge in [-0.25, -0.2) is 16.8 Å². The van der Waals surface area contributed by atoms with E-state index in [4.69, 9.17) is 0 Å². The molecule has 0 aliphatic rings. The molecule has 84 valence electrons. The molecule has 0 N–H and O–H groups in total. The minimum absolute atomic E-state index is 0.0164. The minimum Gasteiger partial charge on any atom is -0.224 e. The third-order valence-electron chi connectivity index (χ3n) is 1.70. The maximum atomic E-state index is 11.2. The molecular formula is C8H9BrO4S2. The van der Waals surface area contributed by atoms with Crippen LogP contribution in [0.15, 0.2) is 32.5 Å². The van der Waals surface area contributed by atoms with Gasteiger partial charge in [0.2, 0.25) is 0 Å². The summed E-state index contributed by atoms with van der Waals surface area (Å²) in [6.07, 6.45) is 2.06. The lowest BCUT2D eigenvalue weighted by Gasteiger charge is -2.03. The Balaban J connectivity index is 3.57. The first-order chi connectivity index (χ1) is 6.60. The monoisotopic (exact) mass is 312 g/mol. The van der Waals surface area contributed by atoms with Gasteiger partial charge in [0.15, 0.2) is 19.7 Å². The van der Waals surface area contributed by atoms with Crippen molar-refractivity contribution in [3.8, 4) is 0 Å². The quantitative estimate of drug-likeness (QED) is 0.824. The highest BCUT2D eigenvalue weighted by atomic mass is 79.9. The van der Waals surface area contributed by atoms with Crippen LogP contribution in [0.1, 0.15) is 0 Å². The molecule has 7 heteroatoms. The van der Waals surface area contributed by atoms with Crippen molar-refractivity contribution >= 4 is 35.6 Å². The molecule has 4 nitrogen and oxygen atoms in total. The van der Waals surface area contributed by atoms with E-state index < -0.39 is 19.7 Å². The fraction of sp³-hybridized carbons (Fsp3) is 0.250. The zero-order valence-corrected chi connectivity index (χ0v) is 11.3. The molecule has 1 rings (SSSR count). The summed E-state index contributed by atoms with van der Waals surface area (Å²) in [6, 6.07) is 3.88. The van der Waals surface area contributed by atoms with Crippen molar-refractivity contribution < 1.29 is 16.8 Å². The van der Waals surface area contributed by atoms with Crippen molar-refractivity contribution in [2.75, 3.05) is 12.5 Å². The number of hydrogen-bond acceptors (Lipinski definition) is 4. The molecule has 0 aromatic heterocycles. The Hall–Kier alpha value is -0.400. The summed E-state index contributed by atoms with van der Waals surface area (Å²) in [7, 11) is -6.81. The number of hydrogen-bond donors (Lipinski definition) is 0. The van der Waals surface area contributed by atoms with E-state index in [1.165, 1.54) is 12.1 Å². The van der Waals surface area contributed by atoms with Gasteiger partial charge < -0.3 is 0 Å². The topological polar surface area (TPSA) is 68.3 Å². The van der Waals surface area contributed by atoms with Crippen LogP contribution in [-0.2, 0) is 19.7 Å². The van der Waals surface area contributed by atoms with Crippen molar-refractivity contribution in [1.29, 1.82) is 0 Å². The number of rotatable bonds is 2. The molecule has 0 unspecified atom stereocenters. The summed E-state index contributed by atoms with van der Waals surface area (Å²) in [5.74, 6) is 0. The van der Waals surface area contributed by atoms with Gasteiger partial charge in [0.05, 0.1) is 9.79 Å². The van der Waals surface area contributed by atoms with Crippen molar-refractivity contribution in [2.24, 2.45) is 0 Å². The SMILES string of the molecule is CS(=O)(=O)c1cc(Br)cc(S(C)(=O)=O)c1. The minimum atomic E-state index is -3.40. The van der Waals surface area contributed by atoms with Crippen LogP contribution in [0, 0.1) is 0 Å². The van der Waals surface area contributed by atoms with Crippen LogP contribution in [0.3, 0.4) is 0 Å². The molecule has 0 fully saturated rings. The van der Waals surface area contributed by atoms with Crippen LogP contribution in [-0.4, -0.2) is 29.3 Å². The normalized spacial score (nSPS) is 12.7. The molecule has 0 saturated carbocycles. The number of sulfone groups is 2. The lowest BCUT2D eigenvalue weighted by atomic mass is 10.4. The van der Waals surface area contributed by atoms with E-state index in [0.717, 1.165) is 18.6 Å². The molecule has 15 heavy (non-hydrogen) atoms. The van der Waals surface area contributed by atoms with E-state index in [1.807, 2.05) is 0 Å². The first-order valence-corrected chi connectivity index (χ1v) is 8.39. The van der Waals surface area contributed by atoms with Crippen LogP contribution >= 0.6 is 15.9 Å². The van der Waals surface area contributed by atoms with Crippen molar-refractivity contribution in [3.05, 3.63) is 22.7 Å². The predicted octanol–water partition coefficient (Wildman–Crippen LogP) is 1.26. The van der Waals surface area contributed by atoms with Crippen LogP contribution in [0.4, 0.5) is 0 Å². The zero-order valence-electron chi connectivity index (χ0n) is 8.06. The Morgan fingerprint density at radius 1 is 0.867 bits per heavy atom. The highest BCUT2D eigenvalue weighted by Crippen LogP contribution is 2.22. The van der Waals surface area contributed by atoms with Gasteiger partial charge in [-0.15, -0.1) is 0 Å². The Morgan fingerprint density at radius 2 is 1.20 bits per heavy atom. The second-order valence-corrected chi connectivity index (χ2v) is 8.11. The van der Waals surface area contributed by atoms with E-state index in [-0.39, 0.29) is 9.79 Å². The predicted molar refractivity (Wildman–Crippen MR) is 60.4 cm³/mol. The van der Waals surface area contributed by atoms with Gasteiger partial charge in [-0.1, -0.05) is 15.9 Å². The summed E-state index contributed by atoms with van der Waals surface area (Å²) < 4.78 is 45.4. The second kappa shape index (κ2) is 3.88. The van der Waals surface area contributed by atoms with Crippen LogP contribution in [0.25, 0.3) is 0 Å². The number of benzene rings is 1. The van der Waals surface area contributed by atoms with Gasteiger partial charge in [0.1, 0.15) is 0 Å². The molecule has 0 bridgehead atoms. The summed E-state index contributed by atoms with van der Waals surface area (Å²) in [5, 5.41) is 0. The Kier molecular flexibility index (Phi) is 3.27. The van der Waals surface area contributed by atoms with Crippen molar-refractivity contribution in [1.82, 2.24) is 0 Å². The van der Waals surface area contributed by atoms with Crippen molar-refractivity contribution in [3.63, 3.8) is 0 Å². The standard InChI is InChI=1S/C8H9BrO4S2/c1-14(10,11)7-3-6(9)4-8(5-7)15(2,12)13/h3-5H,1-2H3. The van der Waals surface area contributed by atoms with Gasteiger partial charge in [-0.05, 0) is 18.2 Å². The van der Waals surface area contributed by atoms with Gasteiger partial charge >= 0.3 is 0 Å². The molecule has 0 atom stereocenters. The molecule has 0 aliphatic carbocycles. The lowest BCUT2D eigenvalue weighted by molar-refractivity contribution is 0.600. The van der Waals surface area contributed by atoms with E-state index in [0.29, 0.717) is 4.47 Å². The van der Waals surface area contributed by atoms with Crippen LogP contribution in [0.5, 0.6) is 0 Å². The summed E-state index contributed by atoms with van der Waals surface area (Å²) in [6.45, 7) is 0. The molecule has 0 spiro atoms. The average Bonchev–Trinajstić information content (AvgIpc) is 1.99. The molecule has 0 aliphatic heterocycles. The molecule has 0 radical (unpaired) electrons. The summed E-state index contributed by atoms with van der Waals surface area (Å²) in [4.78, 5) is -0.0328. The molecule has 1 aromatic carbocycles. The Bertz CT molecular complexity index is 537. The molecule has 0 saturated heterocycles. The van der Waals surface area contributed by atoms with Gasteiger partial charge in [-0.3, -0.25) is 0 Å². The van der Waals surface area contributed by atoms with E-state index in [2.05, 4.69) is 15.9 Å². The van der Waals surface area contributed by atoms with Gasteiger partial charge in [0.25, 0.3) is 0 Å². The highest BCUT2D eigenvalue weighted by Gasteiger charge is 2.14. The summed E-state index contributed by atoms with van der Waals surface area (Å²) in [5.41, 5.74) is 0. The Labute approximate surface area is 97.3 Å². The summed E-state index contributed by atoms with van der Waals surface area (Å²) >= 11 is 3.07. The van der Waals surface area contributed by atoms with Gasteiger partial charge in [-0.2, -0.15) is 0 Å². The first kappa shape index (κ1) is 12.7. The molecule has 1 aromatic rings. The molecule has 0 amide bonds. The average molecular weight is 313 g/mol. The first-order valence-electron chi connectivity index (χ1n) is 3.81. The second-order valence-electron chi connectivity index (χ2n) is 3.17.